The Labute approximate surface area is 213 Å². The van der Waals surface area contributed by atoms with Gasteiger partial charge in [-0.05, 0) is 61.9 Å². The van der Waals surface area contributed by atoms with Crippen LogP contribution in [0.1, 0.15) is 32.3 Å². The van der Waals surface area contributed by atoms with Gasteiger partial charge in [0.1, 0.15) is 11.9 Å². The monoisotopic (exact) mass is 518 g/mol. The number of benzene rings is 2. The molecule has 2 aromatic rings. The summed E-state index contributed by atoms with van der Waals surface area (Å²) in [5.41, 5.74) is 0.168. The third kappa shape index (κ3) is 6.36. The van der Waals surface area contributed by atoms with Crippen molar-refractivity contribution in [2.45, 2.75) is 51.1 Å². The maximum absolute atomic E-state index is 13.1. The lowest BCUT2D eigenvalue weighted by Crippen LogP contribution is -2.44. The minimum Gasteiger partial charge on any atom is -0.482 e. The number of alkyl halides is 3. The average Bonchev–Trinajstić information content (AvgIpc) is 3.67. The van der Waals surface area contributed by atoms with Crippen LogP contribution in [0.15, 0.2) is 60.2 Å². The molecule has 2 aromatic carbocycles. The van der Waals surface area contributed by atoms with E-state index in [1.165, 1.54) is 19.3 Å². The second-order valence-electron chi connectivity index (χ2n) is 9.62. The molecule has 0 aromatic heterocycles. The fraction of sp³-hybridized carbons (Fsp3) is 0.407. The van der Waals surface area contributed by atoms with Gasteiger partial charge in [0.2, 0.25) is 5.60 Å². The highest BCUT2D eigenvalue weighted by Gasteiger charge is 2.51. The van der Waals surface area contributed by atoms with E-state index in [2.05, 4.69) is 15.0 Å². The molecule has 1 aliphatic heterocycles. The summed E-state index contributed by atoms with van der Waals surface area (Å²) in [5, 5.41) is 2.38. The lowest BCUT2D eigenvalue weighted by Gasteiger charge is -2.38. The summed E-state index contributed by atoms with van der Waals surface area (Å²) >= 11 is 0. The van der Waals surface area contributed by atoms with Crippen molar-refractivity contribution in [2.75, 3.05) is 23.9 Å². The first-order chi connectivity index (χ1) is 17.5. The lowest BCUT2D eigenvalue weighted by molar-refractivity contribution is -0.242. The quantitative estimate of drug-likeness (QED) is 0.366. The van der Waals surface area contributed by atoms with Crippen LogP contribution in [-0.4, -0.2) is 43.6 Å². The van der Waals surface area contributed by atoms with Gasteiger partial charge < -0.3 is 19.1 Å². The number of hydrogen-bond acceptors (Lipinski definition) is 6. The topological polar surface area (TPSA) is 77.1 Å². The number of anilines is 2. The van der Waals surface area contributed by atoms with Gasteiger partial charge in [0.05, 0.1) is 19.3 Å². The number of nitrogens with zero attached hydrogens (tertiary/aromatic N) is 1. The molecule has 0 bridgehead atoms. The molecule has 1 fully saturated rings. The van der Waals surface area contributed by atoms with Crippen LogP contribution in [0.3, 0.4) is 0 Å². The second-order valence-corrected chi connectivity index (χ2v) is 9.62. The van der Waals surface area contributed by atoms with E-state index in [9.17, 15) is 22.8 Å². The summed E-state index contributed by atoms with van der Waals surface area (Å²) < 4.78 is 55.1. The van der Waals surface area contributed by atoms with Crippen LogP contribution in [0.2, 0.25) is 0 Å². The highest BCUT2D eigenvalue weighted by molar-refractivity contribution is 5.87. The number of carbonyl (C=O) groups is 2. The molecule has 4 rings (SSSR count). The van der Waals surface area contributed by atoms with E-state index in [-0.39, 0.29) is 17.7 Å². The van der Waals surface area contributed by atoms with Gasteiger partial charge in [0.15, 0.2) is 0 Å². The van der Waals surface area contributed by atoms with Crippen LogP contribution in [0.4, 0.5) is 29.3 Å². The molecule has 7 nitrogen and oxygen atoms in total. The minimum absolute atomic E-state index is 0.247. The Morgan fingerprint density at radius 2 is 1.84 bits per heavy atom. The van der Waals surface area contributed by atoms with Crippen molar-refractivity contribution in [1.29, 1.82) is 0 Å². The van der Waals surface area contributed by atoms with Gasteiger partial charge in [0.25, 0.3) is 0 Å². The van der Waals surface area contributed by atoms with Crippen molar-refractivity contribution in [3.63, 3.8) is 0 Å². The molecule has 2 aliphatic rings. The van der Waals surface area contributed by atoms with Crippen LogP contribution >= 0.6 is 0 Å². The van der Waals surface area contributed by atoms with Crippen molar-refractivity contribution in [3.8, 4) is 5.75 Å². The second kappa shape index (κ2) is 10.4. The summed E-state index contributed by atoms with van der Waals surface area (Å²) in [6, 6.07) is 14.5. The van der Waals surface area contributed by atoms with E-state index in [0.717, 1.165) is 37.8 Å². The normalized spacial score (nSPS) is 17.9. The fourth-order valence-electron chi connectivity index (χ4n) is 4.08. The molecule has 1 aliphatic carbocycles. The Morgan fingerprint density at radius 1 is 1.14 bits per heavy atom. The molecule has 0 radical (unpaired) electrons. The van der Waals surface area contributed by atoms with Crippen molar-refractivity contribution >= 4 is 23.4 Å². The third-order valence-electron chi connectivity index (χ3n) is 6.35. The standard InChI is InChI=1S/C27H29F3N2O5/c1-26(2,27(28,29)30)37-25(34)31-19-11-12-22-21(13-19)32(15-17-7-5-4-6-8-17)16-23(36-22)20(18-9-10-18)14-24(33)35-3/h4-8,11-14,18,23H,9-10,15-16H2,1-3H3,(H,31,34)/b20-14+. The van der Waals surface area contributed by atoms with Gasteiger partial charge in [-0.25, -0.2) is 9.59 Å². The van der Waals surface area contributed by atoms with Crippen molar-refractivity contribution in [2.24, 2.45) is 5.92 Å². The number of nitrogens with one attached hydrogen (secondary N) is 1. The summed E-state index contributed by atoms with van der Waals surface area (Å²) in [6.45, 7) is 2.51. The van der Waals surface area contributed by atoms with E-state index >= 15 is 0 Å². The molecule has 1 heterocycles. The zero-order chi connectivity index (χ0) is 26.8. The van der Waals surface area contributed by atoms with E-state index in [1.807, 2.05) is 30.3 Å². The van der Waals surface area contributed by atoms with Crippen LogP contribution in [0, 0.1) is 5.92 Å². The molecule has 37 heavy (non-hydrogen) atoms. The van der Waals surface area contributed by atoms with E-state index in [4.69, 9.17) is 9.47 Å². The van der Waals surface area contributed by atoms with Crippen LogP contribution in [0.25, 0.3) is 0 Å². The van der Waals surface area contributed by atoms with E-state index < -0.39 is 23.8 Å². The number of carbonyl (C=O) groups excluding carboxylic acids is 2. The first kappa shape index (κ1) is 26.4. The molecule has 10 heteroatoms. The van der Waals surface area contributed by atoms with Crippen LogP contribution in [0.5, 0.6) is 5.75 Å². The van der Waals surface area contributed by atoms with Crippen molar-refractivity contribution in [1.82, 2.24) is 0 Å². The number of fused-ring (bicyclic) bond motifs is 1. The highest BCUT2D eigenvalue weighted by Crippen LogP contribution is 2.44. The molecule has 198 valence electrons. The fourth-order valence-corrected chi connectivity index (χ4v) is 4.08. The Kier molecular flexibility index (Phi) is 7.38. The van der Waals surface area contributed by atoms with Crippen LogP contribution < -0.4 is 15.0 Å². The Morgan fingerprint density at radius 3 is 2.46 bits per heavy atom. The number of hydrogen-bond donors (Lipinski definition) is 1. The number of ether oxygens (including phenoxy) is 3. The molecule has 0 saturated heterocycles. The molecule has 1 amide bonds. The zero-order valence-corrected chi connectivity index (χ0v) is 20.8. The molecule has 0 spiro atoms. The number of halogens is 3. The largest absolute Gasteiger partial charge is 0.482 e. The Balaban J connectivity index is 1.61. The predicted molar refractivity (Wildman–Crippen MR) is 131 cm³/mol. The summed E-state index contributed by atoms with van der Waals surface area (Å²) in [7, 11) is 1.33. The number of rotatable bonds is 7. The molecule has 1 N–H and O–H groups in total. The molecule has 1 saturated carbocycles. The summed E-state index contributed by atoms with van der Waals surface area (Å²) in [4.78, 5) is 26.3. The van der Waals surface area contributed by atoms with E-state index in [1.54, 1.807) is 12.1 Å². The van der Waals surface area contributed by atoms with Gasteiger partial charge in [-0.15, -0.1) is 0 Å². The van der Waals surface area contributed by atoms with Gasteiger partial charge >= 0.3 is 18.2 Å². The highest BCUT2D eigenvalue weighted by atomic mass is 19.4. The first-order valence-electron chi connectivity index (χ1n) is 11.9. The Hall–Kier alpha value is -3.69. The van der Waals surface area contributed by atoms with Crippen molar-refractivity contribution < 1.29 is 37.0 Å². The number of methoxy groups -OCH3 is 1. The van der Waals surface area contributed by atoms with Gasteiger partial charge in [0, 0.05) is 18.3 Å². The predicted octanol–water partition coefficient (Wildman–Crippen LogP) is 5.85. The van der Waals surface area contributed by atoms with Gasteiger partial charge in [-0.1, -0.05) is 30.3 Å². The van der Waals surface area contributed by atoms with Gasteiger partial charge in [-0.2, -0.15) is 13.2 Å². The maximum atomic E-state index is 13.1. The minimum atomic E-state index is -4.72. The first-order valence-corrected chi connectivity index (χ1v) is 11.9. The van der Waals surface area contributed by atoms with Crippen LogP contribution in [-0.2, 0) is 20.8 Å². The molecule has 1 atom stereocenters. The number of amides is 1. The molecular weight excluding hydrogens is 489 g/mol. The van der Waals surface area contributed by atoms with Gasteiger partial charge in [-0.3, -0.25) is 5.32 Å². The number of esters is 1. The smallest absolute Gasteiger partial charge is 0.427 e. The van der Waals surface area contributed by atoms with E-state index in [0.29, 0.717) is 24.5 Å². The summed E-state index contributed by atoms with van der Waals surface area (Å²) in [6.07, 6.45) is -2.89. The zero-order valence-electron chi connectivity index (χ0n) is 20.8. The summed E-state index contributed by atoms with van der Waals surface area (Å²) in [5.74, 6) is 0.334. The lowest BCUT2D eigenvalue weighted by atomic mass is 10.0. The molecule has 1 unspecified atom stereocenters. The third-order valence-corrected chi connectivity index (χ3v) is 6.35. The average molecular weight is 519 g/mol. The Bertz CT molecular complexity index is 1180. The SMILES string of the molecule is COC(=O)/C=C(\C1CC1)C1CN(Cc2ccccc2)c2cc(NC(=O)OC(C)(C)C(F)(F)F)ccc2O1. The van der Waals surface area contributed by atoms with Crippen molar-refractivity contribution in [3.05, 3.63) is 65.7 Å². The molecular formula is C27H29F3N2O5. The maximum Gasteiger partial charge on any atom is 0.427 e.